The number of carbonyl (C=O) groups excluding carboxylic acids is 1. The van der Waals surface area contributed by atoms with Crippen LogP contribution in [-0.2, 0) is 4.79 Å². The predicted octanol–water partition coefficient (Wildman–Crippen LogP) is 6.61. The zero-order valence-electron chi connectivity index (χ0n) is 19.2. The number of rotatable bonds is 4. The van der Waals surface area contributed by atoms with Gasteiger partial charge in [-0.15, -0.1) is 0 Å². The molecule has 2 heterocycles. The Bertz CT molecular complexity index is 1370. The van der Waals surface area contributed by atoms with Crippen molar-refractivity contribution < 1.29 is 4.79 Å². The number of fused-ring (bicyclic) bond motifs is 1. The monoisotopic (exact) mass is 433 g/mol. The van der Waals surface area contributed by atoms with Gasteiger partial charge in [-0.25, -0.2) is 5.01 Å². The Kier molecular flexibility index (Phi) is 5.51. The van der Waals surface area contributed by atoms with Crippen LogP contribution in [0, 0.1) is 13.8 Å². The van der Waals surface area contributed by atoms with E-state index in [1.54, 1.807) is 5.01 Å². The molecule has 0 radical (unpaired) electrons. The lowest BCUT2D eigenvalue weighted by Crippen LogP contribution is -2.26. The van der Waals surface area contributed by atoms with Gasteiger partial charge in [0.25, 0.3) is 0 Å². The van der Waals surface area contributed by atoms with E-state index < -0.39 is 0 Å². The van der Waals surface area contributed by atoms with E-state index in [0.29, 0.717) is 12.8 Å². The quantitative estimate of drug-likeness (QED) is 0.364. The van der Waals surface area contributed by atoms with Gasteiger partial charge < -0.3 is 0 Å². The lowest BCUT2D eigenvalue weighted by atomic mass is 9.88. The summed E-state index contributed by atoms with van der Waals surface area (Å²) in [5, 5.41) is 7.73. The van der Waals surface area contributed by atoms with E-state index in [4.69, 9.17) is 10.1 Å². The second kappa shape index (κ2) is 8.62. The minimum atomic E-state index is -0.108. The van der Waals surface area contributed by atoms with Crippen molar-refractivity contribution in [3.8, 4) is 11.1 Å². The minimum absolute atomic E-state index is 0.0333. The fourth-order valence-corrected chi connectivity index (χ4v) is 4.85. The van der Waals surface area contributed by atoms with Crippen LogP contribution in [0.15, 0.2) is 84.0 Å². The number of nitrogens with zero attached hydrogens (tertiary/aromatic N) is 3. The molecule has 1 aliphatic heterocycles. The molecular weight excluding hydrogens is 406 g/mol. The summed E-state index contributed by atoms with van der Waals surface area (Å²) < 4.78 is 0. The Hall–Kier alpha value is -3.79. The number of carbonyl (C=O) groups is 1. The SMILES string of the molecule is CCC(=O)N1N=C(c2c(C)nc3ccccc3c2-c2ccccc2)C[C@@H]1c1ccccc1C. The van der Waals surface area contributed by atoms with Crippen molar-refractivity contribution in [2.75, 3.05) is 0 Å². The average Bonchev–Trinajstić information content (AvgIpc) is 3.28. The normalized spacial score (nSPS) is 15.7. The summed E-state index contributed by atoms with van der Waals surface area (Å²) >= 11 is 0. The van der Waals surface area contributed by atoms with E-state index in [1.165, 1.54) is 5.56 Å². The number of aryl methyl sites for hydroxylation is 2. The van der Waals surface area contributed by atoms with Crippen LogP contribution in [0.3, 0.4) is 0 Å². The molecule has 1 aliphatic rings. The van der Waals surface area contributed by atoms with Crippen molar-refractivity contribution >= 4 is 22.5 Å². The van der Waals surface area contributed by atoms with Crippen molar-refractivity contribution in [1.82, 2.24) is 9.99 Å². The molecule has 1 aromatic heterocycles. The number of aromatic nitrogens is 1. The van der Waals surface area contributed by atoms with Crippen LogP contribution >= 0.6 is 0 Å². The summed E-state index contributed by atoms with van der Waals surface area (Å²) in [7, 11) is 0. The largest absolute Gasteiger partial charge is 0.273 e. The first-order valence-corrected chi connectivity index (χ1v) is 11.5. The molecule has 0 saturated heterocycles. The lowest BCUT2D eigenvalue weighted by molar-refractivity contribution is -0.132. The van der Waals surface area contributed by atoms with E-state index in [1.807, 2.05) is 38.1 Å². The van der Waals surface area contributed by atoms with E-state index in [-0.39, 0.29) is 11.9 Å². The fraction of sp³-hybridized carbons (Fsp3) is 0.207. The molecule has 0 saturated carbocycles. The Labute approximate surface area is 194 Å². The molecule has 0 fully saturated rings. The van der Waals surface area contributed by atoms with Crippen LogP contribution in [0.1, 0.15) is 48.2 Å². The molecule has 0 bridgehead atoms. The number of benzene rings is 3. The van der Waals surface area contributed by atoms with Crippen LogP contribution in [0.4, 0.5) is 0 Å². The van der Waals surface area contributed by atoms with E-state index in [0.717, 1.165) is 44.6 Å². The Morgan fingerprint density at radius 2 is 1.61 bits per heavy atom. The maximum absolute atomic E-state index is 12.9. The summed E-state index contributed by atoms with van der Waals surface area (Å²) in [5.74, 6) is 0.0333. The van der Waals surface area contributed by atoms with Gasteiger partial charge in [0.15, 0.2) is 0 Å². The molecule has 4 heteroatoms. The first kappa shape index (κ1) is 21.1. The van der Waals surface area contributed by atoms with Crippen LogP contribution < -0.4 is 0 Å². The molecule has 0 N–H and O–H groups in total. The van der Waals surface area contributed by atoms with E-state index in [9.17, 15) is 4.79 Å². The molecule has 0 unspecified atom stereocenters. The smallest absolute Gasteiger partial charge is 0.242 e. The highest BCUT2D eigenvalue weighted by Crippen LogP contribution is 2.40. The third kappa shape index (κ3) is 3.72. The molecular formula is C29H27N3O. The number of hydrazone groups is 1. The summed E-state index contributed by atoms with van der Waals surface area (Å²) in [5.41, 5.74) is 8.42. The zero-order chi connectivity index (χ0) is 22.9. The van der Waals surface area contributed by atoms with Crippen molar-refractivity contribution in [3.63, 3.8) is 0 Å². The third-order valence-electron chi connectivity index (χ3n) is 6.44. The fourth-order valence-electron chi connectivity index (χ4n) is 4.85. The molecule has 1 amide bonds. The zero-order valence-corrected chi connectivity index (χ0v) is 19.2. The summed E-state index contributed by atoms with van der Waals surface area (Å²) in [6.45, 7) is 6.03. The predicted molar refractivity (Wildman–Crippen MR) is 134 cm³/mol. The molecule has 3 aromatic carbocycles. The maximum Gasteiger partial charge on any atom is 0.242 e. The van der Waals surface area contributed by atoms with Crippen molar-refractivity contribution in [1.29, 1.82) is 0 Å². The topological polar surface area (TPSA) is 45.6 Å². The number of amides is 1. The summed E-state index contributed by atoms with van der Waals surface area (Å²) in [4.78, 5) is 17.9. The van der Waals surface area contributed by atoms with Gasteiger partial charge in [0.1, 0.15) is 0 Å². The molecule has 0 spiro atoms. The molecule has 4 nitrogen and oxygen atoms in total. The van der Waals surface area contributed by atoms with Gasteiger partial charge in [-0.05, 0) is 36.6 Å². The Morgan fingerprint density at radius 1 is 0.909 bits per heavy atom. The second-order valence-electron chi connectivity index (χ2n) is 8.55. The first-order chi connectivity index (χ1) is 16.1. The second-order valence-corrected chi connectivity index (χ2v) is 8.55. The summed E-state index contributed by atoms with van der Waals surface area (Å²) in [6.07, 6.45) is 1.08. The maximum atomic E-state index is 12.9. The number of hydrogen-bond donors (Lipinski definition) is 0. The van der Waals surface area contributed by atoms with Crippen LogP contribution in [-0.4, -0.2) is 21.6 Å². The molecule has 5 rings (SSSR count). The number of pyridine rings is 1. The Morgan fingerprint density at radius 3 is 2.36 bits per heavy atom. The van der Waals surface area contributed by atoms with Gasteiger partial charge >= 0.3 is 0 Å². The van der Waals surface area contributed by atoms with Crippen LogP contribution in [0.2, 0.25) is 0 Å². The molecule has 164 valence electrons. The molecule has 1 atom stereocenters. The number of hydrogen-bond acceptors (Lipinski definition) is 3. The van der Waals surface area contributed by atoms with Gasteiger partial charge in [-0.3, -0.25) is 9.78 Å². The molecule has 33 heavy (non-hydrogen) atoms. The van der Waals surface area contributed by atoms with E-state index >= 15 is 0 Å². The van der Waals surface area contributed by atoms with Crippen molar-refractivity contribution in [3.05, 3.63) is 101 Å². The average molecular weight is 434 g/mol. The van der Waals surface area contributed by atoms with Crippen LogP contribution in [0.5, 0.6) is 0 Å². The van der Waals surface area contributed by atoms with Gasteiger partial charge in [0.2, 0.25) is 5.91 Å². The third-order valence-corrected chi connectivity index (χ3v) is 6.44. The lowest BCUT2D eigenvalue weighted by Gasteiger charge is -2.23. The highest BCUT2D eigenvalue weighted by atomic mass is 16.2. The summed E-state index contributed by atoms with van der Waals surface area (Å²) in [6, 6.07) is 26.8. The van der Waals surface area contributed by atoms with Crippen LogP contribution in [0.25, 0.3) is 22.0 Å². The minimum Gasteiger partial charge on any atom is -0.273 e. The standard InChI is InChI=1S/C29H27N3O/c1-4-27(33)32-26(22-15-9-8-12-19(22)2)18-25(31-32)28-20(3)30-24-17-11-10-16-23(24)29(28)21-13-6-5-7-14-21/h5-17,26H,4,18H2,1-3H3/t26-/m1/s1. The molecule has 4 aromatic rings. The van der Waals surface area contributed by atoms with E-state index in [2.05, 4.69) is 61.5 Å². The first-order valence-electron chi connectivity index (χ1n) is 11.5. The van der Waals surface area contributed by atoms with Gasteiger partial charge in [-0.2, -0.15) is 5.10 Å². The van der Waals surface area contributed by atoms with Crippen molar-refractivity contribution in [2.45, 2.75) is 39.7 Å². The van der Waals surface area contributed by atoms with Crippen molar-refractivity contribution in [2.24, 2.45) is 5.10 Å². The van der Waals surface area contributed by atoms with Gasteiger partial charge in [0.05, 0.1) is 17.3 Å². The van der Waals surface area contributed by atoms with Gasteiger partial charge in [-0.1, -0.05) is 79.7 Å². The molecule has 0 aliphatic carbocycles. The highest BCUT2D eigenvalue weighted by molar-refractivity contribution is 6.14. The highest BCUT2D eigenvalue weighted by Gasteiger charge is 2.35. The number of para-hydroxylation sites is 1. The van der Waals surface area contributed by atoms with Gasteiger partial charge in [0, 0.05) is 35.0 Å². The Balaban J connectivity index is 1.73.